The summed E-state index contributed by atoms with van der Waals surface area (Å²) in [7, 11) is 0. The van der Waals surface area contributed by atoms with Gasteiger partial charge in [0.05, 0.1) is 5.92 Å². The average Bonchev–Trinajstić information content (AvgIpc) is 3.04. The SMILES string of the molecule is CCc1ccc(N2CC(C(=O)Nc3ccccc3CC)CC2=O)cc1. The van der Waals surface area contributed by atoms with Crippen LogP contribution in [0.2, 0.25) is 0 Å². The zero-order valence-corrected chi connectivity index (χ0v) is 14.8. The molecule has 1 aliphatic rings. The summed E-state index contributed by atoms with van der Waals surface area (Å²) in [6, 6.07) is 15.8. The Morgan fingerprint density at radius 2 is 1.80 bits per heavy atom. The summed E-state index contributed by atoms with van der Waals surface area (Å²) < 4.78 is 0. The highest BCUT2D eigenvalue weighted by Gasteiger charge is 2.35. The van der Waals surface area contributed by atoms with Crippen LogP contribution in [0.1, 0.15) is 31.4 Å². The molecule has 1 saturated heterocycles. The van der Waals surface area contributed by atoms with Crippen molar-refractivity contribution in [3.63, 3.8) is 0 Å². The van der Waals surface area contributed by atoms with Gasteiger partial charge in [-0.15, -0.1) is 0 Å². The van der Waals surface area contributed by atoms with Crippen molar-refractivity contribution in [3.8, 4) is 0 Å². The molecule has 1 fully saturated rings. The normalized spacial score (nSPS) is 17.0. The lowest BCUT2D eigenvalue weighted by Crippen LogP contribution is -2.28. The summed E-state index contributed by atoms with van der Waals surface area (Å²) in [5, 5.41) is 3.00. The molecule has 1 N–H and O–H groups in total. The van der Waals surface area contributed by atoms with E-state index in [0.29, 0.717) is 6.54 Å². The topological polar surface area (TPSA) is 49.4 Å². The van der Waals surface area contributed by atoms with Crippen LogP contribution in [-0.4, -0.2) is 18.4 Å². The molecule has 1 atom stereocenters. The molecule has 2 amide bonds. The monoisotopic (exact) mass is 336 g/mol. The van der Waals surface area contributed by atoms with Gasteiger partial charge in [0.2, 0.25) is 11.8 Å². The van der Waals surface area contributed by atoms with Gasteiger partial charge in [0.25, 0.3) is 0 Å². The van der Waals surface area contributed by atoms with Crippen LogP contribution in [0.15, 0.2) is 48.5 Å². The number of rotatable bonds is 5. The minimum absolute atomic E-state index is 0.00757. The first-order chi connectivity index (χ1) is 12.1. The first kappa shape index (κ1) is 17.2. The lowest BCUT2D eigenvalue weighted by Gasteiger charge is -2.17. The molecule has 4 heteroatoms. The zero-order valence-electron chi connectivity index (χ0n) is 14.8. The van der Waals surface area contributed by atoms with Gasteiger partial charge in [-0.05, 0) is 42.2 Å². The Bertz CT molecular complexity index is 768. The van der Waals surface area contributed by atoms with Crippen LogP contribution in [0, 0.1) is 5.92 Å². The number of nitrogens with one attached hydrogen (secondary N) is 1. The second-order valence-electron chi connectivity index (χ2n) is 6.43. The molecule has 1 heterocycles. The van der Waals surface area contributed by atoms with Gasteiger partial charge in [0, 0.05) is 24.3 Å². The molecule has 0 saturated carbocycles. The summed E-state index contributed by atoms with van der Waals surface area (Å²) >= 11 is 0. The second kappa shape index (κ2) is 7.51. The maximum absolute atomic E-state index is 12.6. The van der Waals surface area contributed by atoms with E-state index < -0.39 is 0 Å². The molecule has 0 radical (unpaired) electrons. The fraction of sp³-hybridized carbons (Fsp3) is 0.333. The fourth-order valence-corrected chi connectivity index (χ4v) is 3.23. The third-order valence-electron chi connectivity index (χ3n) is 4.81. The predicted molar refractivity (Wildman–Crippen MR) is 101 cm³/mol. The van der Waals surface area contributed by atoms with Crippen molar-refractivity contribution in [3.05, 3.63) is 59.7 Å². The first-order valence-corrected chi connectivity index (χ1v) is 8.90. The molecule has 0 bridgehead atoms. The van der Waals surface area contributed by atoms with Crippen LogP contribution in [0.3, 0.4) is 0 Å². The van der Waals surface area contributed by atoms with Crippen molar-refractivity contribution in [1.82, 2.24) is 0 Å². The Labute approximate surface area is 148 Å². The first-order valence-electron chi connectivity index (χ1n) is 8.90. The molecule has 1 aliphatic heterocycles. The molecule has 130 valence electrons. The van der Waals surface area contributed by atoms with E-state index in [-0.39, 0.29) is 24.2 Å². The van der Waals surface area contributed by atoms with E-state index >= 15 is 0 Å². The van der Waals surface area contributed by atoms with Crippen molar-refractivity contribution in [1.29, 1.82) is 0 Å². The van der Waals surface area contributed by atoms with Gasteiger partial charge < -0.3 is 10.2 Å². The average molecular weight is 336 g/mol. The van der Waals surface area contributed by atoms with E-state index in [0.717, 1.165) is 29.8 Å². The van der Waals surface area contributed by atoms with Crippen molar-refractivity contribution in [2.45, 2.75) is 33.1 Å². The third kappa shape index (κ3) is 3.73. The molecule has 1 unspecified atom stereocenters. The molecule has 2 aromatic carbocycles. The molecule has 0 aromatic heterocycles. The Morgan fingerprint density at radius 3 is 2.48 bits per heavy atom. The molecule has 4 nitrogen and oxygen atoms in total. The molecular formula is C21H24N2O2. The number of benzene rings is 2. The molecule has 0 spiro atoms. The predicted octanol–water partition coefficient (Wildman–Crippen LogP) is 3.80. The standard InChI is InChI=1S/C21H24N2O2/c1-3-15-9-11-18(12-10-15)23-14-17(13-20(23)24)21(25)22-19-8-6-5-7-16(19)4-2/h5-12,17H,3-4,13-14H2,1-2H3,(H,22,25). The van der Waals surface area contributed by atoms with E-state index in [9.17, 15) is 9.59 Å². The maximum Gasteiger partial charge on any atom is 0.229 e. The molecular weight excluding hydrogens is 312 g/mol. The number of aryl methyl sites for hydroxylation is 2. The van der Waals surface area contributed by atoms with Crippen LogP contribution < -0.4 is 10.2 Å². The van der Waals surface area contributed by atoms with Crippen molar-refractivity contribution in [2.24, 2.45) is 5.92 Å². The molecule has 25 heavy (non-hydrogen) atoms. The highest BCUT2D eigenvalue weighted by molar-refractivity contribution is 6.03. The van der Waals surface area contributed by atoms with Crippen molar-refractivity contribution in [2.75, 3.05) is 16.8 Å². The number of hydrogen-bond donors (Lipinski definition) is 1. The van der Waals surface area contributed by atoms with Gasteiger partial charge in [0.1, 0.15) is 0 Å². The number of nitrogens with zero attached hydrogens (tertiary/aromatic N) is 1. The molecule has 0 aliphatic carbocycles. The smallest absolute Gasteiger partial charge is 0.229 e. The van der Waals surface area contributed by atoms with E-state index in [1.807, 2.05) is 48.5 Å². The fourth-order valence-electron chi connectivity index (χ4n) is 3.23. The number of carbonyl (C=O) groups is 2. The lowest BCUT2D eigenvalue weighted by molar-refractivity contribution is -0.122. The number of hydrogen-bond acceptors (Lipinski definition) is 2. The van der Waals surface area contributed by atoms with E-state index in [1.54, 1.807) is 4.90 Å². The minimum atomic E-state index is -0.316. The van der Waals surface area contributed by atoms with Crippen molar-refractivity contribution >= 4 is 23.2 Å². The Kier molecular flexibility index (Phi) is 5.17. The summed E-state index contributed by atoms with van der Waals surface area (Å²) in [4.78, 5) is 26.7. The van der Waals surface area contributed by atoms with E-state index in [1.165, 1.54) is 5.56 Å². The molecule has 2 aromatic rings. The summed E-state index contributed by atoms with van der Waals surface area (Å²) in [6.45, 7) is 4.60. The van der Waals surface area contributed by atoms with Crippen LogP contribution in [0.4, 0.5) is 11.4 Å². The quantitative estimate of drug-likeness (QED) is 0.903. The van der Waals surface area contributed by atoms with Crippen molar-refractivity contribution < 1.29 is 9.59 Å². The van der Waals surface area contributed by atoms with Gasteiger partial charge in [-0.25, -0.2) is 0 Å². The Hall–Kier alpha value is -2.62. The van der Waals surface area contributed by atoms with Gasteiger partial charge in [-0.2, -0.15) is 0 Å². The number of para-hydroxylation sites is 1. The van der Waals surface area contributed by atoms with Crippen LogP contribution in [-0.2, 0) is 22.4 Å². The number of anilines is 2. The maximum atomic E-state index is 12.6. The molecule has 3 rings (SSSR count). The summed E-state index contributed by atoms with van der Waals surface area (Å²) in [6.07, 6.45) is 2.09. The van der Waals surface area contributed by atoms with Gasteiger partial charge in [0.15, 0.2) is 0 Å². The highest BCUT2D eigenvalue weighted by Crippen LogP contribution is 2.27. The lowest BCUT2D eigenvalue weighted by atomic mass is 10.1. The van der Waals surface area contributed by atoms with E-state index in [2.05, 4.69) is 19.2 Å². The minimum Gasteiger partial charge on any atom is -0.326 e. The Balaban J connectivity index is 1.70. The van der Waals surface area contributed by atoms with Crippen LogP contribution >= 0.6 is 0 Å². The van der Waals surface area contributed by atoms with Crippen LogP contribution in [0.5, 0.6) is 0 Å². The summed E-state index contributed by atoms with van der Waals surface area (Å²) in [5.74, 6) is -0.390. The Morgan fingerprint density at radius 1 is 1.08 bits per heavy atom. The highest BCUT2D eigenvalue weighted by atomic mass is 16.2. The van der Waals surface area contributed by atoms with Crippen LogP contribution in [0.25, 0.3) is 0 Å². The van der Waals surface area contributed by atoms with Gasteiger partial charge >= 0.3 is 0 Å². The van der Waals surface area contributed by atoms with E-state index in [4.69, 9.17) is 0 Å². The van der Waals surface area contributed by atoms with Gasteiger partial charge in [-0.1, -0.05) is 44.2 Å². The largest absolute Gasteiger partial charge is 0.326 e. The summed E-state index contributed by atoms with van der Waals surface area (Å²) in [5.41, 5.74) is 4.05. The third-order valence-corrected chi connectivity index (χ3v) is 4.81. The number of amides is 2. The second-order valence-corrected chi connectivity index (χ2v) is 6.43. The zero-order chi connectivity index (χ0) is 17.8. The number of carbonyl (C=O) groups excluding carboxylic acids is 2. The van der Waals surface area contributed by atoms with Gasteiger partial charge in [-0.3, -0.25) is 9.59 Å².